The fourth-order valence-electron chi connectivity index (χ4n) is 2.39. The molecule has 0 spiro atoms. The Labute approximate surface area is 109 Å². The van der Waals surface area contributed by atoms with Crippen molar-refractivity contribution in [1.29, 1.82) is 0 Å². The average molecular weight is 275 g/mol. The van der Waals surface area contributed by atoms with E-state index in [1.54, 1.807) is 0 Å². The highest BCUT2D eigenvalue weighted by atomic mass is 32.2. The maximum atomic E-state index is 11.9. The summed E-state index contributed by atoms with van der Waals surface area (Å²) < 4.78 is 25.3. The molecule has 1 heterocycles. The third kappa shape index (κ3) is 4.10. The minimum Gasteiger partial charge on any atom is -0.481 e. The Hall–Kier alpha value is -0.880. The van der Waals surface area contributed by atoms with Gasteiger partial charge in [-0.05, 0) is 24.7 Å². The minimum absolute atomic E-state index is 0.00392. The Kier molecular flexibility index (Phi) is 5.34. The molecule has 0 aliphatic carbocycles. The van der Waals surface area contributed by atoms with Crippen molar-refractivity contribution in [2.75, 3.05) is 18.8 Å². The van der Waals surface area contributed by atoms with Gasteiger partial charge in [-0.3, -0.25) is 4.79 Å². The molecular formula is C12H21NO4S. The van der Waals surface area contributed by atoms with Gasteiger partial charge in [-0.25, -0.2) is 12.7 Å². The molecule has 0 radical (unpaired) electrons. The van der Waals surface area contributed by atoms with Gasteiger partial charge in [-0.15, -0.1) is 6.58 Å². The standard InChI is InChI=1S/C12H21NO4S/c1-3-7-18(16,17)13-6-4-5-11(9-13)10(2)8-12(14)15/h3,10-11H,1,4-9H2,2H3,(H,14,15). The number of carbonyl (C=O) groups is 1. The molecule has 0 aromatic rings. The second-order valence-corrected chi connectivity index (χ2v) is 6.92. The number of piperidine rings is 1. The molecule has 104 valence electrons. The van der Waals surface area contributed by atoms with Crippen LogP contribution >= 0.6 is 0 Å². The van der Waals surface area contributed by atoms with E-state index < -0.39 is 16.0 Å². The molecule has 0 aromatic heterocycles. The second kappa shape index (κ2) is 6.33. The lowest BCUT2D eigenvalue weighted by Crippen LogP contribution is -2.42. The maximum Gasteiger partial charge on any atom is 0.303 e. The lowest BCUT2D eigenvalue weighted by molar-refractivity contribution is -0.138. The number of sulfonamides is 1. The van der Waals surface area contributed by atoms with E-state index in [-0.39, 0.29) is 24.0 Å². The Morgan fingerprint density at radius 1 is 1.61 bits per heavy atom. The van der Waals surface area contributed by atoms with Crippen molar-refractivity contribution in [1.82, 2.24) is 4.31 Å². The van der Waals surface area contributed by atoms with E-state index in [0.29, 0.717) is 13.1 Å². The zero-order chi connectivity index (χ0) is 13.8. The molecule has 1 saturated heterocycles. The zero-order valence-corrected chi connectivity index (χ0v) is 11.5. The summed E-state index contributed by atoms with van der Waals surface area (Å²) in [6, 6.07) is 0. The normalized spacial score (nSPS) is 23.5. The first-order valence-corrected chi connectivity index (χ1v) is 7.78. The smallest absolute Gasteiger partial charge is 0.303 e. The molecular weight excluding hydrogens is 254 g/mol. The summed E-state index contributed by atoms with van der Waals surface area (Å²) >= 11 is 0. The van der Waals surface area contributed by atoms with Gasteiger partial charge in [0.25, 0.3) is 0 Å². The van der Waals surface area contributed by atoms with E-state index in [2.05, 4.69) is 6.58 Å². The van der Waals surface area contributed by atoms with Crippen molar-refractivity contribution in [2.45, 2.75) is 26.2 Å². The first-order chi connectivity index (χ1) is 8.36. The molecule has 2 unspecified atom stereocenters. The van der Waals surface area contributed by atoms with Crippen LogP contribution in [0.15, 0.2) is 12.7 Å². The van der Waals surface area contributed by atoms with Crippen LogP contribution in [0.5, 0.6) is 0 Å². The summed E-state index contributed by atoms with van der Waals surface area (Å²) in [5.41, 5.74) is 0. The van der Waals surface area contributed by atoms with E-state index in [4.69, 9.17) is 5.11 Å². The predicted molar refractivity (Wildman–Crippen MR) is 69.7 cm³/mol. The van der Waals surface area contributed by atoms with Crippen LogP contribution in [0.4, 0.5) is 0 Å². The number of hydrogen-bond acceptors (Lipinski definition) is 3. The van der Waals surface area contributed by atoms with Crippen LogP contribution in [-0.4, -0.2) is 42.6 Å². The van der Waals surface area contributed by atoms with E-state index >= 15 is 0 Å². The summed E-state index contributed by atoms with van der Waals surface area (Å²) in [7, 11) is -3.26. The lowest BCUT2D eigenvalue weighted by atomic mass is 9.85. The van der Waals surface area contributed by atoms with E-state index in [1.165, 1.54) is 10.4 Å². The first kappa shape index (κ1) is 15.2. The number of hydrogen-bond donors (Lipinski definition) is 1. The van der Waals surface area contributed by atoms with Crippen molar-refractivity contribution in [2.24, 2.45) is 11.8 Å². The van der Waals surface area contributed by atoms with Crippen LogP contribution in [0.1, 0.15) is 26.2 Å². The van der Waals surface area contributed by atoms with Gasteiger partial charge in [-0.2, -0.15) is 0 Å². The molecule has 5 nitrogen and oxygen atoms in total. The van der Waals surface area contributed by atoms with Gasteiger partial charge in [0.2, 0.25) is 10.0 Å². The number of carboxylic acids is 1. The van der Waals surface area contributed by atoms with Crippen molar-refractivity contribution in [3.05, 3.63) is 12.7 Å². The number of rotatable bonds is 6. The van der Waals surface area contributed by atoms with E-state index in [1.807, 2.05) is 6.92 Å². The highest BCUT2D eigenvalue weighted by Gasteiger charge is 2.31. The Morgan fingerprint density at radius 3 is 2.83 bits per heavy atom. The summed E-state index contributed by atoms with van der Waals surface area (Å²) in [5, 5.41) is 8.78. The predicted octanol–water partition coefficient (Wildman–Crippen LogP) is 1.33. The molecule has 0 bridgehead atoms. The van der Waals surface area contributed by atoms with Gasteiger partial charge in [-0.1, -0.05) is 13.0 Å². The molecule has 18 heavy (non-hydrogen) atoms. The summed E-state index contributed by atoms with van der Waals surface area (Å²) in [5.74, 6) is -0.736. The fraction of sp³-hybridized carbons (Fsp3) is 0.750. The molecule has 0 aromatic carbocycles. The zero-order valence-electron chi connectivity index (χ0n) is 10.7. The third-order valence-electron chi connectivity index (χ3n) is 3.44. The lowest BCUT2D eigenvalue weighted by Gasteiger charge is -2.34. The number of aliphatic carboxylic acids is 1. The molecule has 1 N–H and O–H groups in total. The SMILES string of the molecule is C=CCS(=O)(=O)N1CCCC(C(C)CC(=O)O)C1. The largest absolute Gasteiger partial charge is 0.481 e. The second-order valence-electron chi connectivity index (χ2n) is 4.90. The summed E-state index contributed by atoms with van der Waals surface area (Å²) in [4.78, 5) is 10.7. The van der Waals surface area contributed by atoms with Crippen LogP contribution in [-0.2, 0) is 14.8 Å². The quantitative estimate of drug-likeness (QED) is 0.742. The van der Waals surface area contributed by atoms with E-state index in [9.17, 15) is 13.2 Å². The first-order valence-electron chi connectivity index (χ1n) is 6.17. The van der Waals surface area contributed by atoms with Gasteiger partial charge in [0, 0.05) is 19.5 Å². The van der Waals surface area contributed by atoms with Crippen LogP contribution in [0, 0.1) is 11.8 Å². The Balaban J connectivity index is 2.66. The van der Waals surface area contributed by atoms with Crippen LogP contribution in [0.2, 0.25) is 0 Å². The molecule has 0 saturated carbocycles. The number of carboxylic acid groups (broad SMARTS) is 1. The van der Waals surface area contributed by atoms with Crippen LogP contribution in [0.25, 0.3) is 0 Å². The topological polar surface area (TPSA) is 74.7 Å². The molecule has 1 aliphatic rings. The van der Waals surface area contributed by atoms with Gasteiger partial charge < -0.3 is 5.11 Å². The average Bonchev–Trinajstić information content (AvgIpc) is 2.28. The maximum absolute atomic E-state index is 11.9. The minimum atomic E-state index is -3.26. The Morgan fingerprint density at radius 2 is 2.28 bits per heavy atom. The van der Waals surface area contributed by atoms with Crippen molar-refractivity contribution in [3.8, 4) is 0 Å². The summed E-state index contributed by atoms with van der Waals surface area (Å²) in [6.07, 6.45) is 3.18. The summed E-state index contributed by atoms with van der Waals surface area (Å²) in [6.45, 7) is 6.30. The van der Waals surface area contributed by atoms with Gasteiger partial charge in [0.15, 0.2) is 0 Å². The van der Waals surface area contributed by atoms with Gasteiger partial charge >= 0.3 is 5.97 Å². The number of nitrogens with zero attached hydrogens (tertiary/aromatic N) is 1. The highest BCUT2D eigenvalue weighted by molar-refractivity contribution is 7.89. The highest BCUT2D eigenvalue weighted by Crippen LogP contribution is 2.27. The molecule has 6 heteroatoms. The molecule has 0 amide bonds. The monoisotopic (exact) mass is 275 g/mol. The molecule has 1 aliphatic heterocycles. The van der Waals surface area contributed by atoms with Crippen molar-refractivity contribution in [3.63, 3.8) is 0 Å². The van der Waals surface area contributed by atoms with Crippen LogP contribution < -0.4 is 0 Å². The van der Waals surface area contributed by atoms with Gasteiger partial charge in [0.1, 0.15) is 0 Å². The fourth-order valence-corrected chi connectivity index (χ4v) is 3.72. The Bertz CT molecular complexity index is 404. The molecule has 1 fully saturated rings. The van der Waals surface area contributed by atoms with Crippen LogP contribution in [0.3, 0.4) is 0 Å². The van der Waals surface area contributed by atoms with Crippen molar-refractivity contribution < 1.29 is 18.3 Å². The third-order valence-corrected chi connectivity index (χ3v) is 5.22. The van der Waals surface area contributed by atoms with E-state index in [0.717, 1.165) is 12.8 Å². The molecule has 2 atom stereocenters. The van der Waals surface area contributed by atoms with Gasteiger partial charge in [0.05, 0.1) is 5.75 Å². The molecule has 1 rings (SSSR count). The van der Waals surface area contributed by atoms with Crippen molar-refractivity contribution >= 4 is 16.0 Å².